The molecule has 4 nitrogen and oxygen atoms in total. The van der Waals surface area contributed by atoms with Crippen LogP contribution in [0, 0.1) is 0 Å². The predicted octanol–water partition coefficient (Wildman–Crippen LogP) is 5.77. The number of hydrogen-bond donors (Lipinski definition) is 1. The summed E-state index contributed by atoms with van der Waals surface area (Å²) in [7, 11) is 0. The second-order valence-corrected chi connectivity index (χ2v) is 8.39. The van der Waals surface area contributed by atoms with E-state index >= 15 is 0 Å². The fraction of sp³-hybridized carbons (Fsp3) is 0.320. The lowest BCUT2D eigenvalue weighted by molar-refractivity contribution is 0.174. The minimum atomic E-state index is 0.303. The molecule has 0 radical (unpaired) electrons. The molecule has 2 aromatic rings. The molecule has 1 fully saturated rings. The van der Waals surface area contributed by atoms with Crippen molar-refractivity contribution in [1.29, 1.82) is 0 Å². The molecule has 1 saturated heterocycles. The van der Waals surface area contributed by atoms with E-state index in [9.17, 15) is 0 Å². The molecule has 2 heterocycles. The standard InChI is InChI=1S/C25H26N2O2S/c30-25(26-20-7-3-1-4-8-20)21-11-10-19(24(21)27-13-5-2-6-14-27)15-18-9-12-22-23(16-18)29-17-28-22/h1,3-4,7-9,12,15-16H,2,5-6,10-11,13-14,17H2,(H,26,30)/b19-15-. The Morgan fingerprint density at radius 2 is 1.73 bits per heavy atom. The van der Waals surface area contributed by atoms with Gasteiger partial charge in [0.2, 0.25) is 6.79 Å². The summed E-state index contributed by atoms with van der Waals surface area (Å²) in [5.74, 6) is 1.65. The van der Waals surface area contributed by atoms with Crippen LogP contribution in [0.15, 0.2) is 65.4 Å². The van der Waals surface area contributed by atoms with Crippen LogP contribution in [-0.4, -0.2) is 29.8 Å². The summed E-state index contributed by atoms with van der Waals surface area (Å²) in [6, 6.07) is 16.4. The number of piperidine rings is 1. The van der Waals surface area contributed by atoms with Crippen molar-refractivity contribution >= 4 is 29.0 Å². The van der Waals surface area contributed by atoms with Crippen LogP contribution in [0.5, 0.6) is 11.5 Å². The highest BCUT2D eigenvalue weighted by molar-refractivity contribution is 7.81. The number of allylic oxidation sites excluding steroid dienone is 1. The van der Waals surface area contributed by atoms with Crippen LogP contribution >= 0.6 is 12.2 Å². The summed E-state index contributed by atoms with van der Waals surface area (Å²) in [6.45, 7) is 2.51. The van der Waals surface area contributed by atoms with Gasteiger partial charge in [0, 0.05) is 30.0 Å². The maximum atomic E-state index is 5.87. The van der Waals surface area contributed by atoms with E-state index in [2.05, 4.69) is 40.6 Å². The lowest BCUT2D eigenvalue weighted by Crippen LogP contribution is -2.31. The lowest BCUT2D eigenvalue weighted by Gasteiger charge is -2.32. The number of anilines is 1. The van der Waals surface area contributed by atoms with Gasteiger partial charge >= 0.3 is 0 Å². The third-order valence-electron chi connectivity index (χ3n) is 5.95. The third kappa shape index (κ3) is 3.94. The number of likely N-dealkylation sites (tertiary alicyclic amines) is 1. The number of nitrogens with one attached hydrogen (secondary N) is 1. The van der Waals surface area contributed by atoms with Gasteiger partial charge in [-0.05, 0) is 73.6 Å². The Morgan fingerprint density at radius 3 is 2.57 bits per heavy atom. The third-order valence-corrected chi connectivity index (χ3v) is 6.30. The molecule has 2 aromatic carbocycles. The van der Waals surface area contributed by atoms with Gasteiger partial charge in [0.15, 0.2) is 11.5 Å². The first-order chi connectivity index (χ1) is 14.8. The first-order valence-electron chi connectivity index (χ1n) is 10.7. The second-order valence-electron chi connectivity index (χ2n) is 7.98. The molecule has 154 valence electrons. The fourth-order valence-electron chi connectivity index (χ4n) is 4.50. The molecule has 3 aliphatic rings. The molecule has 0 saturated carbocycles. The van der Waals surface area contributed by atoms with Crippen molar-refractivity contribution in [3.8, 4) is 11.5 Å². The highest BCUT2D eigenvalue weighted by Crippen LogP contribution is 2.39. The van der Waals surface area contributed by atoms with E-state index in [1.54, 1.807) is 0 Å². The van der Waals surface area contributed by atoms with Crippen LogP contribution in [0.3, 0.4) is 0 Å². The van der Waals surface area contributed by atoms with E-state index < -0.39 is 0 Å². The summed E-state index contributed by atoms with van der Waals surface area (Å²) in [4.78, 5) is 3.39. The minimum absolute atomic E-state index is 0.303. The first kappa shape index (κ1) is 19.2. The normalized spacial score (nSPS) is 19.5. The Labute approximate surface area is 183 Å². The van der Waals surface area contributed by atoms with Crippen molar-refractivity contribution < 1.29 is 9.47 Å². The van der Waals surface area contributed by atoms with Crippen molar-refractivity contribution in [2.45, 2.75) is 32.1 Å². The fourth-order valence-corrected chi connectivity index (χ4v) is 4.81. The Morgan fingerprint density at radius 1 is 0.933 bits per heavy atom. The van der Waals surface area contributed by atoms with E-state index in [4.69, 9.17) is 21.7 Å². The van der Waals surface area contributed by atoms with Gasteiger partial charge in [-0.3, -0.25) is 0 Å². The van der Waals surface area contributed by atoms with E-state index in [1.165, 1.54) is 36.1 Å². The average Bonchev–Trinajstić information content (AvgIpc) is 3.42. The maximum Gasteiger partial charge on any atom is 0.231 e. The van der Waals surface area contributed by atoms with E-state index in [-0.39, 0.29) is 0 Å². The average molecular weight is 419 g/mol. The molecule has 0 spiro atoms. The van der Waals surface area contributed by atoms with Crippen molar-refractivity contribution in [2.24, 2.45) is 0 Å². The minimum Gasteiger partial charge on any atom is -0.454 e. The highest BCUT2D eigenvalue weighted by atomic mass is 32.1. The largest absolute Gasteiger partial charge is 0.454 e. The zero-order chi connectivity index (χ0) is 20.3. The van der Waals surface area contributed by atoms with Crippen LogP contribution in [0.25, 0.3) is 6.08 Å². The molecule has 0 atom stereocenters. The Kier molecular flexibility index (Phi) is 5.45. The number of benzene rings is 2. The van der Waals surface area contributed by atoms with Crippen molar-refractivity contribution in [3.05, 3.63) is 70.9 Å². The summed E-state index contributed by atoms with van der Waals surface area (Å²) >= 11 is 5.87. The molecule has 30 heavy (non-hydrogen) atoms. The van der Waals surface area contributed by atoms with E-state index in [0.717, 1.165) is 53.7 Å². The van der Waals surface area contributed by atoms with E-state index in [0.29, 0.717) is 6.79 Å². The zero-order valence-electron chi connectivity index (χ0n) is 17.0. The molecule has 0 unspecified atom stereocenters. The highest BCUT2D eigenvalue weighted by Gasteiger charge is 2.28. The molecule has 5 heteroatoms. The summed E-state index contributed by atoms with van der Waals surface area (Å²) in [6.07, 6.45) is 8.07. The topological polar surface area (TPSA) is 33.7 Å². The molecule has 2 aliphatic heterocycles. The van der Waals surface area contributed by atoms with Gasteiger partial charge < -0.3 is 19.7 Å². The second kappa shape index (κ2) is 8.52. The number of ether oxygens (including phenoxy) is 2. The van der Waals surface area contributed by atoms with Gasteiger partial charge in [-0.15, -0.1) is 0 Å². The molecule has 5 rings (SSSR count). The monoisotopic (exact) mass is 418 g/mol. The van der Waals surface area contributed by atoms with Crippen LogP contribution in [0.4, 0.5) is 5.69 Å². The van der Waals surface area contributed by atoms with E-state index in [1.807, 2.05) is 24.3 Å². The Hall–Kier alpha value is -2.79. The smallest absolute Gasteiger partial charge is 0.231 e. The predicted molar refractivity (Wildman–Crippen MR) is 125 cm³/mol. The summed E-state index contributed by atoms with van der Waals surface area (Å²) in [5.41, 5.74) is 6.15. The number of rotatable bonds is 4. The molecule has 1 aliphatic carbocycles. The number of thiocarbonyl (C=S) groups is 1. The summed E-state index contributed by atoms with van der Waals surface area (Å²) < 4.78 is 11.0. The SMILES string of the molecule is S=C(Nc1ccccc1)C1=C(N2CCCCC2)/C(=C\c2ccc3c(c2)OCO3)CC1. The Balaban J connectivity index is 1.48. The number of nitrogens with zero attached hydrogens (tertiary/aromatic N) is 1. The van der Waals surface area contributed by atoms with Gasteiger partial charge in [0.25, 0.3) is 0 Å². The Bertz CT molecular complexity index is 1010. The first-order valence-corrected chi connectivity index (χ1v) is 11.1. The van der Waals surface area contributed by atoms with Crippen LogP contribution in [-0.2, 0) is 0 Å². The quantitative estimate of drug-likeness (QED) is 0.637. The molecule has 0 amide bonds. The van der Waals surface area contributed by atoms with Gasteiger partial charge in [-0.25, -0.2) is 0 Å². The number of hydrogen-bond acceptors (Lipinski definition) is 4. The zero-order valence-corrected chi connectivity index (χ0v) is 17.8. The maximum absolute atomic E-state index is 5.87. The molecule has 0 bridgehead atoms. The van der Waals surface area contributed by atoms with Gasteiger partial charge in [-0.2, -0.15) is 0 Å². The van der Waals surface area contributed by atoms with Gasteiger partial charge in [0.1, 0.15) is 4.99 Å². The molecular weight excluding hydrogens is 392 g/mol. The van der Waals surface area contributed by atoms with Crippen molar-refractivity contribution in [2.75, 3.05) is 25.2 Å². The van der Waals surface area contributed by atoms with Crippen molar-refractivity contribution in [3.63, 3.8) is 0 Å². The molecule has 1 N–H and O–H groups in total. The van der Waals surface area contributed by atoms with Gasteiger partial charge in [-0.1, -0.05) is 36.5 Å². The lowest BCUT2D eigenvalue weighted by atomic mass is 10.0. The van der Waals surface area contributed by atoms with Crippen LogP contribution in [0.2, 0.25) is 0 Å². The molecule has 0 aromatic heterocycles. The van der Waals surface area contributed by atoms with Crippen LogP contribution < -0.4 is 14.8 Å². The number of fused-ring (bicyclic) bond motifs is 1. The molecular formula is C25H26N2O2S. The van der Waals surface area contributed by atoms with Crippen molar-refractivity contribution in [1.82, 2.24) is 4.90 Å². The van der Waals surface area contributed by atoms with Crippen LogP contribution in [0.1, 0.15) is 37.7 Å². The van der Waals surface area contributed by atoms with Gasteiger partial charge in [0.05, 0.1) is 0 Å². The summed E-state index contributed by atoms with van der Waals surface area (Å²) in [5, 5.41) is 3.45. The number of para-hydroxylation sites is 1.